The third-order valence-electron chi connectivity index (χ3n) is 3.47. The lowest BCUT2D eigenvalue weighted by Gasteiger charge is -2.18. The maximum absolute atomic E-state index is 13.3. The first-order valence-electron chi connectivity index (χ1n) is 6.80. The van der Waals surface area contributed by atoms with Crippen molar-refractivity contribution >= 4 is 11.5 Å². The Bertz CT molecular complexity index is 766. The lowest BCUT2D eigenvalue weighted by atomic mass is 10.2. The second-order valence-corrected chi connectivity index (χ2v) is 5.00. The van der Waals surface area contributed by atoms with Gasteiger partial charge in [0, 0.05) is 26.3 Å². The van der Waals surface area contributed by atoms with Crippen LogP contribution in [0.1, 0.15) is 11.3 Å². The van der Waals surface area contributed by atoms with Crippen LogP contribution in [-0.2, 0) is 13.1 Å². The van der Waals surface area contributed by atoms with Gasteiger partial charge in [0.15, 0.2) is 5.82 Å². The number of anilines is 1. The van der Waals surface area contributed by atoms with E-state index in [0.29, 0.717) is 13.1 Å². The van der Waals surface area contributed by atoms with Gasteiger partial charge in [0.25, 0.3) is 0 Å². The third kappa shape index (κ3) is 2.60. The quantitative estimate of drug-likeness (QED) is 0.801. The second kappa shape index (κ2) is 5.54. The highest BCUT2D eigenvalue weighted by molar-refractivity contribution is 5.55. The molecule has 21 heavy (non-hydrogen) atoms. The van der Waals surface area contributed by atoms with Crippen LogP contribution in [-0.4, -0.2) is 16.4 Å². The van der Waals surface area contributed by atoms with Crippen molar-refractivity contribution in [2.24, 2.45) is 5.73 Å². The number of nitrogens with zero attached hydrogens (tertiary/aromatic N) is 3. The Balaban J connectivity index is 1.95. The maximum atomic E-state index is 13.3. The molecular formula is C16H17FN4. The molecule has 0 amide bonds. The third-order valence-corrected chi connectivity index (χ3v) is 3.47. The number of nitrogens with two attached hydrogens (primary N) is 1. The number of rotatable bonds is 4. The zero-order valence-corrected chi connectivity index (χ0v) is 11.8. The van der Waals surface area contributed by atoms with E-state index in [1.807, 2.05) is 46.8 Å². The zero-order chi connectivity index (χ0) is 14.8. The molecule has 3 aromatic rings. The van der Waals surface area contributed by atoms with Gasteiger partial charge < -0.3 is 15.0 Å². The minimum absolute atomic E-state index is 0.227. The van der Waals surface area contributed by atoms with Crippen LogP contribution in [0.4, 0.5) is 10.2 Å². The van der Waals surface area contributed by atoms with E-state index in [4.69, 9.17) is 5.73 Å². The number of benzene rings is 1. The van der Waals surface area contributed by atoms with Crippen LogP contribution in [0.25, 0.3) is 5.65 Å². The van der Waals surface area contributed by atoms with Crippen LogP contribution in [0.3, 0.4) is 0 Å². The number of aromatic nitrogens is 2. The van der Waals surface area contributed by atoms with Gasteiger partial charge in [0.1, 0.15) is 11.5 Å². The molecule has 0 aliphatic heterocycles. The Morgan fingerprint density at radius 2 is 2.10 bits per heavy atom. The van der Waals surface area contributed by atoms with Gasteiger partial charge in [-0.2, -0.15) is 0 Å². The molecule has 3 rings (SSSR count). The van der Waals surface area contributed by atoms with E-state index < -0.39 is 0 Å². The topological polar surface area (TPSA) is 46.6 Å². The van der Waals surface area contributed by atoms with Crippen molar-refractivity contribution < 1.29 is 4.39 Å². The molecule has 108 valence electrons. The monoisotopic (exact) mass is 284 g/mol. The summed E-state index contributed by atoms with van der Waals surface area (Å²) < 4.78 is 15.3. The van der Waals surface area contributed by atoms with Crippen LogP contribution in [0.15, 0.2) is 48.7 Å². The van der Waals surface area contributed by atoms with Crippen LogP contribution in [0, 0.1) is 5.82 Å². The highest BCUT2D eigenvalue weighted by Gasteiger charge is 2.14. The molecule has 2 N–H and O–H groups in total. The molecule has 0 fully saturated rings. The first-order valence-corrected chi connectivity index (χ1v) is 6.80. The highest BCUT2D eigenvalue weighted by Crippen LogP contribution is 2.22. The molecule has 0 saturated heterocycles. The van der Waals surface area contributed by atoms with Crippen molar-refractivity contribution in [3.63, 3.8) is 0 Å². The largest absolute Gasteiger partial charge is 0.354 e. The Hall–Kier alpha value is -2.40. The van der Waals surface area contributed by atoms with Crippen molar-refractivity contribution in [3.05, 3.63) is 65.7 Å². The predicted molar refractivity (Wildman–Crippen MR) is 81.6 cm³/mol. The summed E-state index contributed by atoms with van der Waals surface area (Å²) in [5, 5.41) is 0. The lowest BCUT2D eigenvalue weighted by Crippen LogP contribution is -2.19. The molecule has 0 atom stereocenters. The van der Waals surface area contributed by atoms with Gasteiger partial charge in [0.2, 0.25) is 0 Å². The molecule has 5 heteroatoms. The van der Waals surface area contributed by atoms with E-state index in [0.717, 1.165) is 22.7 Å². The average Bonchev–Trinajstić information content (AvgIpc) is 2.86. The standard InChI is InChI=1S/C16H17FN4/c1-20(11-12-5-4-6-13(17)9-12)16-14(10-18)21-8-3-2-7-15(21)19-16/h2-9H,10-11,18H2,1H3. The fraction of sp³-hybridized carbons (Fsp3) is 0.188. The number of fused-ring (bicyclic) bond motifs is 1. The Morgan fingerprint density at radius 3 is 2.86 bits per heavy atom. The summed E-state index contributed by atoms with van der Waals surface area (Å²) in [4.78, 5) is 6.61. The highest BCUT2D eigenvalue weighted by atomic mass is 19.1. The normalized spacial score (nSPS) is 11.0. The van der Waals surface area contributed by atoms with E-state index in [-0.39, 0.29) is 5.82 Å². The first kappa shape index (κ1) is 13.6. The van der Waals surface area contributed by atoms with Gasteiger partial charge in [-0.1, -0.05) is 18.2 Å². The summed E-state index contributed by atoms with van der Waals surface area (Å²) in [5.74, 6) is 0.600. The van der Waals surface area contributed by atoms with E-state index in [1.165, 1.54) is 12.1 Å². The van der Waals surface area contributed by atoms with Crippen LogP contribution in [0.2, 0.25) is 0 Å². The smallest absolute Gasteiger partial charge is 0.152 e. The summed E-state index contributed by atoms with van der Waals surface area (Å²) in [5.41, 5.74) is 8.58. The van der Waals surface area contributed by atoms with Gasteiger partial charge in [-0.15, -0.1) is 0 Å². The minimum Gasteiger partial charge on any atom is -0.354 e. The summed E-state index contributed by atoms with van der Waals surface area (Å²) in [6, 6.07) is 12.4. The lowest BCUT2D eigenvalue weighted by molar-refractivity contribution is 0.625. The molecule has 0 spiro atoms. The van der Waals surface area contributed by atoms with Crippen LogP contribution >= 0.6 is 0 Å². The SMILES string of the molecule is CN(Cc1cccc(F)c1)c1nc2ccccn2c1CN. The number of pyridine rings is 1. The van der Waals surface area contributed by atoms with Crippen molar-refractivity contribution in [1.29, 1.82) is 0 Å². The summed E-state index contributed by atoms with van der Waals surface area (Å²) in [6.45, 7) is 0.975. The molecule has 0 bridgehead atoms. The van der Waals surface area contributed by atoms with Crippen molar-refractivity contribution in [1.82, 2.24) is 9.38 Å². The summed E-state index contributed by atoms with van der Waals surface area (Å²) in [6.07, 6.45) is 1.95. The average molecular weight is 284 g/mol. The summed E-state index contributed by atoms with van der Waals surface area (Å²) in [7, 11) is 1.94. The molecule has 0 aliphatic rings. The minimum atomic E-state index is -0.227. The van der Waals surface area contributed by atoms with E-state index >= 15 is 0 Å². The Kier molecular flexibility index (Phi) is 3.58. The van der Waals surface area contributed by atoms with Gasteiger partial charge in [-0.3, -0.25) is 0 Å². The Labute approximate surface area is 122 Å². The molecule has 2 heterocycles. The molecule has 4 nitrogen and oxygen atoms in total. The van der Waals surface area contributed by atoms with E-state index in [1.54, 1.807) is 6.07 Å². The van der Waals surface area contributed by atoms with Gasteiger partial charge in [-0.05, 0) is 29.8 Å². The van der Waals surface area contributed by atoms with Gasteiger partial charge in [-0.25, -0.2) is 9.37 Å². The molecule has 0 aliphatic carbocycles. The molecule has 1 aromatic carbocycles. The molecule has 2 aromatic heterocycles. The van der Waals surface area contributed by atoms with E-state index in [2.05, 4.69) is 4.98 Å². The van der Waals surface area contributed by atoms with Gasteiger partial charge >= 0.3 is 0 Å². The number of hydrogen-bond donors (Lipinski definition) is 1. The molecule has 0 radical (unpaired) electrons. The molecule has 0 saturated carbocycles. The fourth-order valence-corrected chi connectivity index (χ4v) is 2.51. The van der Waals surface area contributed by atoms with E-state index in [9.17, 15) is 4.39 Å². The Morgan fingerprint density at radius 1 is 1.24 bits per heavy atom. The number of halogens is 1. The first-order chi connectivity index (χ1) is 10.2. The maximum Gasteiger partial charge on any atom is 0.152 e. The second-order valence-electron chi connectivity index (χ2n) is 5.00. The number of hydrogen-bond acceptors (Lipinski definition) is 3. The van der Waals surface area contributed by atoms with Crippen LogP contribution in [0.5, 0.6) is 0 Å². The predicted octanol–water partition coefficient (Wildman–Crippen LogP) is 2.57. The fourth-order valence-electron chi connectivity index (χ4n) is 2.51. The van der Waals surface area contributed by atoms with Crippen molar-refractivity contribution in [2.45, 2.75) is 13.1 Å². The summed E-state index contributed by atoms with van der Waals surface area (Å²) >= 11 is 0. The molecule has 0 unspecified atom stereocenters. The van der Waals surface area contributed by atoms with Crippen molar-refractivity contribution in [2.75, 3.05) is 11.9 Å². The van der Waals surface area contributed by atoms with Gasteiger partial charge in [0.05, 0.1) is 5.69 Å². The molecular weight excluding hydrogens is 267 g/mol. The van der Waals surface area contributed by atoms with Crippen LogP contribution < -0.4 is 10.6 Å². The zero-order valence-electron chi connectivity index (χ0n) is 11.8. The number of imidazole rings is 1. The van der Waals surface area contributed by atoms with Crippen molar-refractivity contribution in [3.8, 4) is 0 Å².